The summed E-state index contributed by atoms with van der Waals surface area (Å²) in [6.07, 6.45) is 7.89. The van der Waals surface area contributed by atoms with Crippen molar-refractivity contribution in [1.82, 2.24) is 20.4 Å². The van der Waals surface area contributed by atoms with E-state index in [1.165, 1.54) is 44.1 Å². The van der Waals surface area contributed by atoms with Gasteiger partial charge in [0, 0.05) is 39.3 Å². The van der Waals surface area contributed by atoms with Crippen LogP contribution in [-0.4, -0.2) is 112 Å². The Bertz CT molecular complexity index is 1130. The van der Waals surface area contributed by atoms with Crippen LogP contribution in [-0.2, 0) is 29.2 Å². The number of piperazine rings is 1. The Hall–Kier alpha value is -2.89. The van der Waals surface area contributed by atoms with E-state index in [0.717, 1.165) is 23.5 Å². The fourth-order valence-electron chi connectivity index (χ4n) is 8.14. The second-order valence-corrected chi connectivity index (χ2v) is 14.7. The lowest BCUT2D eigenvalue weighted by atomic mass is 9.48. The van der Waals surface area contributed by atoms with Crippen LogP contribution in [0.2, 0.25) is 0 Å². The molecule has 11 nitrogen and oxygen atoms in total. The summed E-state index contributed by atoms with van der Waals surface area (Å²) >= 11 is 0. The summed E-state index contributed by atoms with van der Waals surface area (Å²) in [7, 11) is 0. The first-order valence-electron chi connectivity index (χ1n) is 17.2. The number of alkyl carbamates (subject to hydrolysis) is 1. The second kappa shape index (κ2) is 15.8. The number of nitrogens with zero attached hydrogens (tertiary/aromatic N) is 2. The zero-order chi connectivity index (χ0) is 32.6. The summed E-state index contributed by atoms with van der Waals surface area (Å²) in [6, 6.07) is 8.58. The van der Waals surface area contributed by atoms with Crippen molar-refractivity contribution in [2.45, 2.75) is 70.3 Å². The maximum Gasteiger partial charge on any atom is 0.407 e. The highest BCUT2D eigenvalue weighted by Crippen LogP contribution is 2.60. The topological polar surface area (TPSA) is 119 Å². The molecule has 2 N–H and O–H groups in total. The van der Waals surface area contributed by atoms with Gasteiger partial charge in [0.1, 0.15) is 11.4 Å². The third-order valence-corrected chi connectivity index (χ3v) is 9.81. The van der Waals surface area contributed by atoms with Gasteiger partial charge in [0.15, 0.2) is 6.61 Å². The molecular formula is C35H54N4O7. The molecule has 46 heavy (non-hydrogen) atoms. The Morgan fingerprint density at radius 3 is 1.93 bits per heavy atom. The van der Waals surface area contributed by atoms with E-state index in [-0.39, 0.29) is 18.4 Å². The van der Waals surface area contributed by atoms with E-state index in [1.54, 1.807) is 0 Å². The van der Waals surface area contributed by atoms with Gasteiger partial charge in [-0.15, -0.1) is 0 Å². The van der Waals surface area contributed by atoms with Crippen LogP contribution >= 0.6 is 0 Å². The average molecular weight is 643 g/mol. The van der Waals surface area contributed by atoms with Gasteiger partial charge in [0.05, 0.1) is 33.0 Å². The number of carbonyl (C=O) groups is 3. The molecule has 1 aliphatic heterocycles. The number of nitrogens with one attached hydrogen (secondary N) is 2. The van der Waals surface area contributed by atoms with Gasteiger partial charge in [-0.1, -0.05) is 12.1 Å². The normalized spacial score (nSPS) is 25.7. The predicted molar refractivity (Wildman–Crippen MR) is 174 cm³/mol. The zero-order valence-electron chi connectivity index (χ0n) is 28.0. The Labute approximate surface area is 274 Å². The van der Waals surface area contributed by atoms with Crippen LogP contribution in [0.15, 0.2) is 24.3 Å². The van der Waals surface area contributed by atoms with E-state index in [1.807, 2.05) is 37.8 Å². The number of hydrogen-bond acceptors (Lipinski definition) is 8. The molecule has 6 rings (SSSR count). The van der Waals surface area contributed by atoms with E-state index in [0.29, 0.717) is 77.7 Å². The highest BCUT2D eigenvalue weighted by Gasteiger charge is 2.51. The van der Waals surface area contributed by atoms with E-state index < -0.39 is 11.7 Å². The monoisotopic (exact) mass is 642 g/mol. The van der Waals surface area contributed by atoms with E-state index >= 15 is 0 Å². The van der Waals surface area contributed by atoms with Crippen LogP contribution in [0.5, 0.6) is 5.75 Å². The van der Waals surface area contributed by atoms with Crippen LogP contribution < -0.4 is 15.4 Å². The number of benzene rings is 1. The lowest BCUT2D eigenvalue weighted by Gasteiger charge is -2.57. The van der Waals surface area contributed by atoms with Crippen molar-refractivity contribution < 1.29 is 33.3 Å². The van der Waals surface area contributed by atoms with Crippen molar-refractivity contribution in [2.24, 2.45) is 17.8 Å². The maximum atomic E-state index is 12.8. The number of amides is 3. The first kappa shape index (κ1) is 34.4. The summed E-state index contributed by atoms with van der Waals surface area (Å²) in [5.74, 6) is 3.42. The zero-order valence-corrected chi connectivity index (χ0v) is 28.0. The highest BCUT2D eigenvalue weighted by atomic mass is 16.6. The predicted octanol–water partition coefficient (Wildman–Crippen LogP) is 3.35. The molecule has 0 unspecified atom stereocenters. The fourth-order valence-corrected chi connectivity index (χ4v) is 8.14. The summed E-state index contributed by atoms with van der Waals surface area (Å²) in [4.78, 5) is 40.6. The van der Waals surface area contributed by atoms with Gasteiger partial charge in [0.25, 0.3) is 5.91 Å². The molecule has 0 atom stereocenters. The highest BCUT2D eigenvalue weighted by molar-refractivity contribution is 5.79. The molecular weight excluding hydrogens is 588 g/mol. The minimum Gasteiger partial charge on any atom is -0.484 e. The minimum absolute atomic E-state index is 0.0188. The molecule has 4 bridgehead atoms. The number of carbonyl (C=O) groups excluding carboxylic acids is 3. The van der Waals surface area contributed by atoms with Crippen molar-refractivity contribution >= 4 is 17.9 Å². The number of ether oxygens (including phenoxy) is 4. The molecule has 1 aromatic carbocycles. The van der Waals surface area contributed by atoms with Crippen LogP contribution in [0.1, 0.15) is 64.9 Å². The average Bonchev–Trinajstić information content (AvgIpc) is 3.00. The Morgan fingerprint density at radius 1 is 0.804 bits per heavy atom. The molecule has 4 aliphatic carbocycles. The molecule has 3 amide bonds. The summed E-state index contributed by atoms with van der Waals surface area (Å²) in [5.41, 5.74) is 1.31. The van der Waals surface area contributed by atoms with Gasteiger partial charge >= 0.3 is 6.09 Å². The largest absolute Gasteiger partial charge is 0.484 e. The van der Waals surface area contributed by atoms with Crippen molar-refractivity contribution in [3.8, 4) is 5.75 Å². The van der Waals surface area contributed by atoms with Gasteiger partial charge < -0.3 is 34.5 Å². The van der Waals surface area contributed by atoms with Gasteiger partial charge in [0.2, 0.25) is 5.91 Å². The molecule has 5 aliphatic rings. The van der Waals surface area contributed by atoms with Gasteiger partial charge in [-0.2, -0.15) is 0 Å². The van der Waals surface area contributed by atoms with Crippen molar-refractivity contribution in [3.05, 3.63) is 29.8 Å². The molecule has 1 aromatic rings. The molecule has 0 spiro atoms. The summed E-state index contributed by atoms with van der Waals surface area (Å²) < 4.78 is 22.0. The molecule has 1 saturated heterocycles. The lowest BCUT2D eigenvalue weighted by molar-refractivity contribution is -0.135. The molecule has 4 saturated carbocycles. The summed E-state index contributed by atoms with van der Waals surface area (Å²) in [5, 5.41) is 5.51. The first-order chi connectivity index (χ1) is 22.1. The van der Waals surface area contributed by atoms with Crippen LogP contribution in [0, 0.1) is 17.8 Å². The number of hydrogen-bond donors (Lipinski definition) is 2. The van der Waals surface area contributed by atoms with Crippen LogP contribution in [0.4, 0.5) is 4.79 Å². The van der Waals surface area contributed by atoms with Crippen molar-refractivity contribution in [2.75, 3.05) is 78.8 Å². The van der Waals surface area contributed by atoms with E-state index in [4.69, 9.17) is 18.9 Å². The van der Waals surface area contributed by atoms with E-state index in [9.17, 15) is 14.4 Å². The van der Waals surface area contributed by atoms with Crippen molar-refractivity contribution in [3.63, 3.8) is 0 Å². The molecule has 1 heterocycles. The lowest BCUT2D eigenvalue weighted by Crippen LogP contribution is -2.52. The SMILES string of the molecule is CC(C)(C)OC(=O)NCCOCCOCCNC(=O)CN1CCN(C(=O)COc2ccc(C34CC5CC(CC(C5)C3)C4)cc2)CC1. The summed E-state index contributed by atoms with van der Waals surface area (Å²) in [6.45, 7) is 10.5. The van der Waals surface area contributed by atoms with E-state index in [2.05, 4.69) is 27.7 Å². The number of rotatable bonds is 15. The Kier molecular flexibility index (Phi) is 11.8. The second-order valence-electron chi connectivity index (χ2n) is 14.7. The third-order valence-electron chi connectivity index (χ3n) is 9.81. The minimum atomic E-state index is -0.527. The maximum absolute atomic E-state index is 12.8. The van der Waals surface area contributed by atoms with Gasteiger partial charge in [-0.05, 0) is 100 Å². The quantitative estimate of drug-likeness (QED) is 0.280. The smallest absolute Gasteiger partial charge is 0.407 e. The molecule has 11 heteroatoms. The molecule has 5 fully saturated rings. The van der Waals surface area contributed by atoms with Gasteiger partial charge in [-0.25, -0.2) is 4.79 Å². The van der Waals surface area contributed by atoms with Crippen molar-refractivity contribution in [1.29, 1.82) is 0 Å². The molecule has 0 aromatic heterocycles. The van der Waals surface area contributed by atoms with Gasteiger partial charge in [-0.3, -0.25) is 14.5 Å². The Balaban J connectivity index is 0.876. The first-order valence-corrected chi connectivity index (χ1v) is 17.2. The van der Waals surface area contributed by atoms with Crippen LogP contribution in [0.25, 0.3) is 0 Å². The standard InChI is InChI=1S/C35H54N4O7/c1-34(2,3)46-33(42)37-9-15-44-17-16-43-14-8-36-31(40)24-38-10-12-39(13-11-38)32(41)25-45-30-6-4-29(5-7-30)35-21-26-18-27(22-35)20-28(19-26)23-35/h4-7,26-28H,8-25H2,1-3H3,(H,36,40)(H,37,42). The fraction of sp³-hybridized carbons (Fsp3) is 0.743. The third kappa shape index (κ3) is 10.1. The molecule has 0 radical (unpaired) electrons. The molecule has 256 valence electrons. The Morgan fingerprint density at radius 2 is 1.37 bits per heavy atom. The van der Waals surface area contributed by atoms with Crippen LogP contribution in [0.3, 0.4) is 0 Å².